The van der Waals surface area contributed by atoms with Crippen molar-refractivity contribution in [2.24, 2.45) is 0 Å². The summed E-state index contributed by atoms with van der Waals surface area (Å²) in [6.45, 7) is 2.58. The maximum absolute atomic E-state index is 10.8. The lowest BCUT2D eigenvalue weighted by atomic mass is 10.1. The number of nitrogens with zero attached hydrogens (tertiary/aromatic N) is 4. The number of anilines is 1. The van der Waals surface area contributed by atoms with Crippen LogP contribution in [0, 0.1) is 10.1 Å². The number of imidazole rings is 1. The molecule has 0 amide bonds. The summed E-state index contributed by atoms with van der Waals surface area (Å²) in [7, 11) is 0. The summed E-state index contributed by atoms with van der Waals surface area (Å²) in [6.07, 6.45) is 2.80. The second-order valence-corrected chi connectivity index (χ2v) is 10.2. The van der Waals surface area contributed by atoms with E-state index in [0.29, 0.717) is 23.8 Å². The Morgan fingerprint density at radius 2 is 1.92 bits per heavy atom. The predicted molar refractivity (Wildman–Crippen MR) is 148 cm³/mol. The van der Waals surface area contributed by atoms with Crippen LogP contribution >= 0.6 is 23.2 Å². The molecule has 4 aromatic rings. The Balaban J connectivity index is 1.03. The lowest BCUT2D eigenvalue weighted by molar-refractivity contribution is -0.389. The molecule has 1 fully saturated rings. The fraction of sp³-hybridized carbons (Fsp3) is 0.370. The van der Waals surface area contributed by atoms with E-state index in [1.165, 1.54) is 10.8 Å². The van der Waals surface area contributed by atoms with Crippen molar-refractivity contribution < 1.29 is 23.9 Å². The fourth-order valence-corrected chi connectivity index (χ4v) is 4.96. The highest BCUT2D eigenvalue weighted by atomic mass is 35.5. The second kappa shape index (κ2) is 12.3. The van der Waals surface area contributed by atoms with Gasteiger partial charge in [-0.1, -0.05) is 11.6 Å². The van der Waals surface area contributed by atoms with Gasteiger partial charge < -0.3 is 34.0 Å². The predicted octanol–water partition coefficient (Wildman–Crippen LogP) is 5.86. The van der Waals surface area contributed by atoms with Crippen molar-refractivity contribution >= 4 is 45.7 Å². The first-order valence-corrected chi connectivity index (χ1v) is 13.4. The molecule has 1 aliphatic rings. The van der Waals surface area contributed by atoms with E-state index in [1.807, 2.05) is 48.5 Å². The number of benzene rings is 2. The first-order valence-electron chi connectivity index (χ1n) is 12.7. The normalized spacial score (nSPS) is 15.1. The van der Waals surface area contributed by atoms with Crippen molar-refractivity contribution in [3.05, 3.63) is 80.9 Å². The average molecular weight is 575 g/mol. The summed E-state index contributed by atoms with van der Waals surface area (Å²) in [5.74, 6) is 1.13. The van der Waals surface area contributed by atoms with Gasteiger partial charge in [0.15, 0.2) is 0 Å². The summed E-state index contributed by atoms with van der Waals surface area (Å²) < 4.78 is 19.1. The van der Waals surface area contributed by atoms with E-state index in [1.54, 1.807) is 0 Å². The van der Waals surface area contributed by atoms with Crippen molar-refractivity contribution in [2.45, 2.75) is 44.6 Å². The quantitative estimate of drug-likeness (QED) is 0.175. The minimum absolute atomic E-state index is 0.0120. The van der Waals surface area contributed by atoms with Crippen LogP contribution in [0.15, 0.2) is 59.1 Å². The van der Waals surface area contributed by atoms with E-state index >= 15 is 0 Å². The second-order valence-electron chi connectivity index (χ2n) is 9.46. The largest absolute Gasteiger partial charge is 0.491 e. The summed E-state index contributed by atoms with van der Waals surface area (Å²) >= 11 is 12.0. The van der Waals surface area contributed by atoms with Gasteiger partial charge in [0.25, 0.3) is 0 Å². The summed E-state index contributed by atoms with van der Waals surface area (Å²) in [6, 6.07) is 15.3. The number of nitro groups is 1. The Hall–Kier alpha value is -3.31. The Labute approximate surface area is 234 Å². The van der Waals surface area contributed by atoms with Crippen LogP contribution in [0.1, 0.15) is 25.0 Å². The van der Waals surface area contributed by atoms with Crippen molar-refractivity contribution in [1.82, 2.24) is 9.55 Å². The molecule has 1 saturated heterocycles. The number of halogens is 2. The summed E-state index contributed by atoms with van der Waals surface area (Å²) in [4.78, 5) is 16.2. The third kappa shape index (κ3) is 7.02. The molecule has 1 aliphatic heterocycles. The Bertz CT molecular complexity index is 1420. The van der Waals surface area contributed by atoms with Crippen LogP contribution in [0.3, 0.4) is 0 Å². The number of ether oxygens (including phenoxy) is 2. The zero-order valence-electron chi connectivity index (χ0n) is 21.0. The van der Waals surface area contributed by atoms with Crippen LogP contribution in [0.4, 0.5) is 11.5 Å². The number of aryl methyl sites for hydroxylation is 1. The van der Waals surface area contributed by atoms with Gasteiger partial charge in [-0.25, -0.2) is 0 Å². The minimum atomic E-state index is -0.765. The molecule has 0 radical (unpaired) electrons. The highest BCUT2D eigenvalue weighted by Gasteiger charge is 2.21. The van der Waals surface area contributed by atoms with Crippen LogP contribution in [0.25, 0.3) is 11.0 Å². The van der Waals surface area contributed by atoms with Gasteiger partial charge in [0.1, 0.15) is 36.5 Å². The lowest BCUT2D eigenvalue weighted by Crippen LogP contribution is -2.36. The molecule has 0 aliphatic carbocycles. The molecule has 206 valence electrons. The van der Waals surface area contributed by atoms with Crippen LogP contribution in [-0.2, 0) is 17.9 Å². The van der Waals surface area contributed by atoms with E-state index in [0.717, 1.165) is 48.3 Å². The first kappa shape index (κ1) is 27.3. The molecule has 1 N–H and O–H groups in total. The highest BCUT2D eigenvalue weighted by Crippen LogP contribution is 2.27. The van der Waals surface area contributed by atoms with E-state index in [9.17, 15) is 15.2 Å². The van der Waals surface area contributed by atoms with Crippen molar-refractivity contribution in [3.63, 3.8) is 0 Å². The molecule has 0 spiro atoms. The van der Waals surface area contributed by atoms with Gasteiger partial charge >= 0.3 is 11.1 Å². The van der Waals surface area contributed by atoms with Crippen molar-refractivity contribution in [2.75, 3.05) is 24.6 Å². The van der Waals surface area contributed by atoms with Gasteiger partial charge in [0.2, 0.25) is 0 Å². The molecule has 1 atom stereocenters. The van der Waals surface area contributed by atoms with Gasteiger partial charge in [-0.15, -0.1) is 0 Å². The van der Waals surface area contributed by atoms with Gasteiger partial charge in [0, 0.05) is 35.7 Å². The van der Waals surface area contributed by atoms with Crippen molar-refractivity contribution in [3.8, 4) is 5.75 Å². The fourth-order valence-electron chi connectivity index (χ4n) is 4.56. The molecular weight excluding hydrogens is 547 g/mol. The smallest absolute Gasteiger partial charge is 0.383 e. The molecule has 2 aromatic carbocycles. The summed E-state index contributed by atoms with van der Waals surface area (Å²) in [5, 5.41) is 22.7. The van der Waals surface area contributed by atoms with Gasteiger partial charge in [-0.2, -0.15) is 0 Å². The Morgan fingerprint density at radius 3 is 2.64 bits per heavy atom. The minimum Gasteiger partial charge on any atom is -0.491 e. The molecule has 12 heteroatoms. The molecule has 1 unspecified atom stereocenters. The van der Waals surface area contributed by atoms with Gasteiger partial charge in [-0.05, 0) is 89.3 Å². The number of aliphatic hydroxyl groups excluding tert-OH is 1. The average Bonchev–Trinajstić information content (AvgIpc) is 3.52. The Morgan fingerprint density at radius 1 is 1.15 bits per heavy atom. The maximum Gasteiger partial charge on any atom is 0.383 e. The molecular formula is C27H28Cl2N4O6. The zero-order valence-corrected chi connectivity index (χ0v) is 22.6. The Kier molecular flexibility index (Phi) is 8.56. The number of hydrogen-bond donors (Lipinski definition) is 1. The van der Waals surface area contributed by atoms with E-state index in [-0.39, 0.29) is 30.4 Å². The standard InChI is InChI=1S/C27H28Cl2N4O6/c28-19-1-6-25-18(13-19)14-24(39-25)17-38-23-8-11-31(12-9-23)20-2-4-22(5-3-20)37-16-21(34)7-10-32-15-26(33(35)36)30-27(32)29/h1-6,13-15,21,23,34H,7-12,16-17H2. The van der Waals surface area contributed by atoms with Gasteiger partial charge in [-0.3, -0.25) is 4.57 Å². The van der Waals surface area contributed by atoms with Crippen LogP contribution < -0.4 is 9.64 Å². The number of furan rings is 1. The SMILES string of the molecule is O=[N+]([O-])c1cn(CCC(O)COc2ccc(N3CCC(OCc4cc5cc(Cl)ccc5o4)CC3)cc2)c(Cl)n1. The van der Waals surface area contributed by atoms with E-state index in [2.05, 4.69) is 9.88 Å². The monoisotopic (exact) mass is 574 g/mol. The number of hydrogen-bond acceptors (Lipinski definition) is 8. The number of piperidine rings is 1. The molecule has 0 bridgehead atoms. The molecule has 3 heterocycles. The molecule has 10 nitrogen and oxygen atoms in total. The third-order valence-electron chi connectivity index (χ3n) is 6.68. The number of aliphatic hydroxyl groups is 1. The van der Waals surface area contributed by atoms with E-state index < -0.39 is 11.0 Å². The summed E-state index contributed by atoms with van der Waals surface area (Å²) in [5.41, 5.74) is 1.91. The van der Waals surface area contributed by atoms with Gasteiger partial charge in [0.05, 0.1) is 12.2 Å². The van der Waals surface area contributed by atoms with E-state index in [4.69, 9.17) is 37.1 Å². The third-order valence-corrected chi connectivity index (χ3v) is 7.22. The van der Waals surface area contributed by atoms with Crippen LogP contribution in [0.5, 0.6) is 5.75 Å². The molecule has 0 saturated carbocycles. The molecule has 39 heavy (non-hydrogen) atoms. The number of aromatic nitrogens is 2. The number of rotatable bonds is 11. The molecule has 2 aromatic heterocycles. The van der Waals surface area contributed by atoms with Crippen LogP contribution in [-0.4, -0.2) is 51.5 Å². The maximum atomic E-state index is 10.8. The number of fused-ring (bicyclic) bond motifs is 1. The zero-order chi connectivity index (χ0) is 27.4. The topological polar surface area (TPSA) is 116 Å². The highest BCUT2D eigenvalue weighted by molar-refractivity contribution is 6.31. The first-order chi connectivity index (χ1) is 18.8. The van der Waals surface area contributed by atoms with Crippen molar-refractivity contribution in [1.29, 1.82) is 0 Å². The van der Waals surface area contributed by atoms with Crippen LogP contribution in [0.2, 0.25) is 10.3 Å². The lowest BCUT2D eigenvalue weighted by Gasteiger charge is -2.33. The molecule has 5 rings (SSSR count).